The Hall–Kier alpha value is -1.38. The van der Waals surface area contributed by atoms with E-state index in [1.807, 2.05) is 6.07 Å². The van der Waals surface area contributed by atoms with E-state index in [2.05, 4.69) is 43.3 Å². The van der Waals surface area contributed by atoms with Gasteiger partial charge in [-0.2, -0.15) is 0 Å². The van der Waals surface area contributed by atoms with E-state index in [0.29, 0.717) is 6.04 Å². The Morgan fingerprint density at radius 2 is 1.80 bits per heavy atom. The third kappa shape index (κ3) is 2.23. The lowest BCUT2D eigenvalue weighted by Crippen LogP contribution is -2.17. The van der Waals surface area contributed by atoms with Gasteiger partial charge in [0.05, 0.1) is 5.02 Å². The molecule has 0 fully saturated rings. The number of hydrogen-bond acceptors (Lipinski definition) is 1. The summed E-state index contributed by atoms with van der Waals surface area (Å²) in [5, 5.41) is 0.202. The Bertz CT molecular complexity index is 639. The largest absolute Gasteiger partial charge is 0.302 e. The molecule has 1 aliphatic rings. The van der Waals surface area contributed by atoms with Gasteiger partial charge >= 0.3 is 0 Å². The first-order valence-corrected chi connectivity index (χ1v) is 7.16. The smallest absolute Gasteiger partial charge is 0.141 e. The van der Waals surface area contributed by atoms with Gasteiger partial charge in [-0.05, 0) is 49.3 Å². The zero-order valence-electron chi connectivity index (χ0n) is 11.6. The molecule has 0 aromatic heterocycles. The molecular formula is C17H17ClFN. The fourth-order valence-corrected chi connectivity index (χ4v) is 3.33. The fraction of sp³-hybridized carbons (Fsp3) is 0.294. The van der Waals surface area contributed by atoms with Gasteiger partial charge in [0.1, 0.15) is 5.82 Å². The number of rotatable bonds is 2. The highest BCUT2D eigenvalue weighted by atomic mass is 35.5. The maximum Gasteiger partial charge on any atom is 0.141 e. The van der Waals surface area contributed by atoms with Crippen LogP contribution in [0.5, 0.6) is 0 Å². The third-order valence-corrected chi connectivity index (χ3v) is 4.45. The van der Waals surface area contributed by atoms with E-state index in [-0.39, 0.29) is 16.8 Å². The number of halogens is 2. The van der Waals surface area contributed by atoms with E-state index >= 15 is 0 Å². The summed E-state index contributed by atoms with van der Waals surface area (Å²) in [5.74, 6) is -0.0671. The van der Waals surface area contributed by atoms with Crippen molar-refractivity contribution in [3.8, 4) is 0 Å². The quantitative estimate of drug-likeness (QED) is 0.780. The van der Waals surface area contributed by atoms with Crippen LogP contribution in [0.15, 0.2) is 42.5 Å². The molecule has 1 nitrogen and oxygen atoms in total. The summed E-state index contributed by atoms with van der Waals surface area (Å²) < 4.78 is 13.3. The summed E-state index contributed by atoms with van der Waals surface area (Å²) >= 11 is 5.93. The van der Waals surface area contributed by atoms with Crippen LogP contribution in [0.3, 0.4) is 0 Å². The Kier molecular flexibility index (Phi) is 3.53. The molecule has 3 heteroatoms. The first-order valence-electron chi connectivity index (χ1n) is 6.78. The molecule has 0 aliphatic heterocycles. The topological polar surface area (TPSA) is 3.24 Å². The van der Waals surface area contributed by atoms with Crippen molar-refractivity contribution in [2.45, 2.75) is 18.4 Å². The van der Waals surface area contributed by atoms with Gasteiger partial charge in [-0.1, -0.05) is 41.9 Å². The molecule has 0 bridgehead atoms. The molecule has 0 saturated carbocycles. The molecule has 2 atom stereocenters. The minimum Gasteiger partial charge on any atom is -0.302 e. The molecule has 0 heterocycles. The van der Waals surface area contributed by atoms with Crippen LogP contribution in [-0.2, 0) is 0 Å². The molecule has 3 rings (SSSR count). The van der Waals surface area contributed by atoms with E-state index in [1.54, 1.807) is 6.07 Å². The van der Waals surface area contributed by atoms with Gasteiger partial charge in [0.2, 0.25) is 0 Å². The van der Waals surface area contributed by atoms with E-state index < -0.39 is 0 Å². The maximum atomic E-state index is 13.3. The second-order valence-electron chi connectivity index (χ2n) is 5.57. The van der Waals surface area contributed by atoms with Crippen LogP contribution >= 0.6 is 11.6 Å². The standard InChI is InChI=1S/C17H17ClFN/c1-20(2)17-10-14(12-5-3-4-6-13(12)17)11-7-8-16(19)15(18)9-11/h3-9,14,17H,10H2,1-2H3. The van der Waals surface area contributed by atoms with Crippen molar-refractivity contribution < 1.29 is 4.39 Å². The van der Waals surface area contributed by atoms with Crippen molar-refractivity contribution in [2.75, 3.05) is 14.1 Å². The summed E-state index contributed by atoms with van der Waals surface area (Å²) in [6.07, 6.45) is 1.01. The van der Waals surface area contributed by atoms with Gasteiger partial charge in [0, 0.05) is 12.0 Å². The van der Waals surface area contributed by atoms with Crippen LogP contribution in [0.2, 0.25) is 5.02 Å². The SMILES string of the molecule is CN(C)C1CC(c2ccc(F)c(Cl)c2)c2ccccc21. The molecule has 2 unspecified atom stereocenters. The van der Waals surface area contributed by atoms with Gasteiger partial charge in [0.15, 0.2) is 0 Å². The Balaban J connectivity index is 2.05. The van der Waals surface area contributed by atoms with Crippen LogP contribution < -0.4 is 0 Å². The Labute approximate surface area is 124 Å². The van der Waals surface area contributed by atoms with Crippen LogP contribution in [0.1, 0.15) is 35.1 Å². The van der Waals surface area contributed by atoms with E-state index in [0.717, 1.165) is 12.0 Å². The molecule has 1 aliphatic carbocycles. The van der Waals surface area contributed by atoms with Crippen molar-refractivity contribution in [1.82, 2.24) is 4.90 Å². The van der Waals surface area contributed by atoms with Crippen molar-refractivity contribution in [3.05, 3.63) is 70.0 Å². The lowest BCUT2D eigenvalue weighted by Gasteiger charge is -2.20. The van der Waals surface area contributed by atoms with Gasteiger partial charge in [-0.25, -0.2) is 4.39 Å². The van der Waals surface area contributed by atoms with Crippen molar-refractivity contribution in [3.63, 3.8) is 0 Å². The van der Waals surface area contributed by atoms with Crippen LogP contribution in [0.25, 0.3) is 0 Å². The Morgan fingerprint density at radius 1 is 1.10 bits per heavy atom. The second-order valence-corrected chi connectivity index (χ2v) is 5.98. The van der Waals surface area contributed by atoms with Gasteiger partial charge < -0.3 is 4.90 Å². The maximum absolute atomic E-state index is 13.3. The predicted octanol–water partition coefficient (Wildman–Crippen LogP) is 4.62. The number of benzene rings is 2. The zero-order chi connectivity index (χ0) is 14.3. The molecule has 0 saturated heterocycles. The minimum absolute atomic E-state index is 0.202. The lowest BCUT2D eigenvalue weighted by atomic mass is 9.93. The summed E-state index contributed by atoms with van der Waals surface area (Å²) in [4.78, 5) is 2.24. The highest BCUT2D eigenvalue weighted by Crippen LogP contribution is 2.46. The molecule has 0 spiro atoms. The highest BCUT2D eigenvalue weighted by molar-refractivity contribution is 6.30. The number of nitrogens with zero attached hydrogens (tertiary/aromatic N) is 1. The molecule has 0 amide bonds. The summed E-state index contributed by atoms with van der Waals surface area (Å²) in [7, 11) is 4.20. The van der Waals surface area contributed by atoms with Crippen LogP contribution in [0.4, 0.5) is 4.39 Å². The van der Waals surface area contributed by atoms with Crippen molar-refractivity contribution >= 4 is 11.6 Å². The number of fused-ring (bicyclic) bond motifs is 1. The number of hydrogen-bond donors (Lipinski definition) is 0. The lowest BCUT2D eigenvalue weighted by molar-refractivity contribution is 0.293. The van der Waals surface area contributed by atoms with Crippen molar-refractivity contribution in [2.24, 2.45) is 0 Å². The van der Waals surface area contributed by atoms with Gasteiger partial charge in [-0.15, -0.1) is 0 Å². The first kappa shape index (κ1) is 13.6. The molecule has 2 aromatic carbocycles. The van der Waals surface area contributed by atoms with Crippen LogP contribution in [-0.4, -0.2) is 19.0 Å². The summed E-state index contributed by atoms with van der Waals surface area (Å²) in [6, 6.07) is 14.0. The minimum atomic E-state index is -0.356. The zero-order valence-corrected chi connectivity index (χ0v) is 12.4. The van der Waals surface area contributed by atoms with Gasteiger partial charge in [-0.3, -0.25) is 0 Å². The molecular weight excluding hydrogens is 273 g/mol. The van der Waals surface area contributed by atoms with Crippen molar-refractivity contribution in [1.29, 1.82) is 0 Å². The van der Waals surface area contributed by atoms with E-state index in [4.69, 9.17) is 11.6 Å². The summed E-state index contributed by atoms with van der Waals surface area (Å²) in [6.45, 7) is 0. The average Bonchev–Trinajstić information content (AvgIpc) is 2.82. The van der Waals surface area contributed by atoms with Crippen LogP contribution in [0, 0.1) is 5.82 Å². The molecule has 0 N–H and O–H groups in total. The molecule has 2 aromatic rings. The summed E-state index contributed by atoms with van der Waals surface area (Å²) in [5.41, 5.74) is 3.78. The normalized spacial score (nSPS) is 21.2. The molecule has 0 radical (unpaired) electrons. The third-order valence-electron chi connectivity index (χ3n) is 4.16. The predicted molar refractivity (Wildman–Crippen MR) is 80.7 cm³/mol. The first-order chi connectivity index (χ1) is 9.58. The fourth-order valence-electron chi connectivity index (χ4n) is 3.14. The van der Waals surface area contributed by atoms with Gasteiger partial charge in [0.25, 0.3) is 0 Å². The average molecular weight is 290 g/mol. The highest BCUT2D eigenvalue weighted by Gasteiger charge is 2.32. The van der Waals surface area contributed by atoms with E-state index in [9.17, 15) is 4.39 Å². The Morgan fingerprint density at radius 3 is 2.45 bits per heavy atom. The monoisotopic (exact) mass is 289 g/mol. The molecule has 20 heavy (non-hydrogen) atoms. The van der Waals surface area contributed by atoms with E-state index in [1.165, 1.54) is 17.2 Å². The molecule has 104 valence electrons. The second kappa shape index (κ2) is 5.19.